The van der Waals surface area contributed by atoms with E-state index in [0.717, 1.165) is 31.6 Å². The summed E-state index contributed by atoms with van der Waals surface area (Å²) in [6, 6.07) is 7.81. The summed E-state index contributed by atoms with van der Waals surface area (Å²) in [5.74, 6) is 0.535. The lowest BCUT2D eigenvalue weighted by atomic mass is 10.1. The van der Waals surface area contributed by atoms with Crippen LogP contribution in [-0.4, -0.2) is 35.5 Å². The van der Waals surface area contributed by atoms with Gasteiger partial charge in [-0.25, -0.2) is 0 Å². The van der Waals surface area contributed by atoms with Crippen molar-refractivity contribution in [2.24, 2.45) is 11.7 Å². The number of likely N-dealkylation sites (tertiary alicyclic amines) is 1. The molecule has 4 N–H and O–H groups in total. The third-order valence-corrected chi connectivity index (χ3v) is 3.27. The molecule has 2 rings (SSSR count). The van der Waals surface area contributed by atoms with Crippen molar-refractivity contribution in [1.29, 1.82) is 5.41 Å². The van der Waals surface area contributed by atoms with Crippen molar-refractivity contribution >= 4 is 5.84 Å². The molecule has 0 saturated carbocycles. The van der Waals surface area contributed by atoms with Crippen LogP contribution >= 0.6 is 0 Å². The number of aliphatic hydroxyl groups excluding tert-OH is 1. The van der Waals surface area contributed by atoms with E-state index in [-0.39, 0.29) is 12.4 Å². The highest BCUT2D eigenvalue weighted by molar-refractivity contribution is 5.95. The van der Waals surface area contributed by atoms with E-state index >= 15 is 0 Å². The van der Waals surface area contributed by atoms with Gasteiger partial charge in [0, 0.05) is 25.3 Å². The molecule has 1 aliphatic heterocycles. The smallest absolute Gasteiger partial charge is 0.122 e. The molecular formula is C13H19N3O. The predicted molar refractivity (Wildman–Crippen MR) is 67.9 cm³/mol. The van der Waals surface area contributed by atoms with Crippen LogP contribution in [0.15, 0.2) is 24.3 Å². The lowest BCUT2D eigenvalue weighted by Gasteiger charge is -2.16. The van der Waals surface area contributed by atoms with Crippen LogP contribution in [0.3, 0.4) is 0 Å². The molecule has 17 heavy (non-hydrogen) atoms. The number of benzene rings is 1. The molecule has 1 heterocycles. The number of hydrogen-bond acceptors (Lipinski definition) is 3. The molecule has 1 fully saturated rings. The summed E-state index contributed by atoms with van der Waals surface area (Å²) in [6.07, 6.45) is 1.07. The highest BCUT2D eigenvalue weighted by atomic mass is 16.3. The number of nitrogens with one attached hydrogen (secondary N) is 1. The molecule has 1 unspecified atom stereocenters. The van der Waals surface area contributed by atoms with Crippen LogP contribution in [-0.2, 0) is 6.54 Å². The quantitative estimate of drug-likeness (QED) is 0.531. The number of nitrogen functional groups attached to an aromatic ring is 1. The number of nitrogens with two attached hydrogens (primary N) is 1. The average Bonchev–Trinajstić information content (AvgIpc) is 2.77. The van der Waals surface area contributed by atoms with E-state index in [1.807, 2.05) is 18.2 Å². The van der Waals surface area contributed by atoms with Gasteiger partial charge in [-0.2, -0.15) is 0 Å². The van der Waals surface area contributed by atoms with E-state index in [2.05, 4.69) is 11.0 Å². The van der Waals surface area contributed by atoms with Crippen LogP contribution in [0.4, 0.5) is 0 Å². The molecule has 1 aromatic carbocycles. The Morgan fingerprint density at radius 2 is 2.35 bits per heavy atom. The van der Waals surface area contributed by atoms with Gasteiger partial charge in [0.1, 0.15) is 5.84 Å². The highest BCUT2D eigenvalue weighted by Gasteiger charge is 2.21. The van der Waals surface area contributed by atoms with Crippen LogP contribution in [0.1, 0.15) is 17.5 Å². The molecule has 0 radical (unpaired) electrons. The summed E-state index contributed by atoms with van der Waals surface area (Å²) in [5.41, 5.74) is 7.43. The second-order valence-corrected chi connectivity index (χ2v) is 4.69. The van der Waals surface area contributed by atoms with Crippen LogP contribution in [0.5, 0.6) is 0 Å². The summed E-state index contributed by atoms with van der Waals surface area (Å²) in [7, 11) is 0. The van der Waals surface area contributed by atoms with E-state index in [4.69, 9.17) is 16.2 Å². The van der Waals surface area contributed by atoms with Crippen molar-refractivity contribution in [2.75, 3.05) is 19.7 Å². The molecule has 0 aliphatic carbocycles. The van der Waals surface area contributed by atoms with Gasteiger partial charge in [0.05, 0.1) is 0 Å². The topological polar surface area (TPSA) is 73.3 Å². The molecule has 0 spiro atoms. The Morgan fingerprint density at radius 3 is 3.00 bits per heavy atom. The van der Waals surface area contributed by atoms with Gasteiger partial charge in [-0.1, -0.05) is 18.2 Å². The third kappa shape index (κ3) is 3.05. The van der Waals surface area contributed by atoms with Crippen LogP contribution in [0.2, 0.25) is 0 Å². The Bertz CT molecular complexity index is 405. The number of amidine groups is 1. The molecule has 1 aliphatic rings. The summed E-state index contributed by atoms with van der Waals surface area (Å²) in [4.78, 5) is 2.33. The van der Waals surface area contributed by atoms with Crippen LogP contribution in [0.25, 0.3) is 0 Å². The number of aliphatic hydroxyl groups is 1. The third-order valence-electron chi connectivity index (χ3n) is 3.27. The minimum absolute atomic E-state index is 0.113. The zero-order chi connectivity index (χ0) is 12.3. The normalized spacial score (nSPS) is 20.6. The molecular weight excluding hydrogens is 214 g/mol. The fourth-order valence-corrected chi connectivity index (χ4v) is 2.30. The van der Waals surface area contributed by atoms with Crippen molar-refractivity contribution in [1.82, 2.24) is 4.90 Å². The van der Waals surface area contributed by atoms with E-state index in [0.29, 0.717) is 5.92 Å². The number of hydrogen-bond donors (Lipinski definition) is 3. The largest absolute Gasteiger partial charge is 0.396 e. The van der Waals surface area contributed by atoms with Gasteiger partial charge in [0.25, 0.3) is 0 Å². The SMILES string of the molecule is N=C(N)c1cccc(CN2CCC(CO)C2)c1. The van der Waals surface area contributed by atoms with Gasteiger partial charge >= 0.3 is 0 Å². The van der Waals surface area contributed by atoms with E-state index < -0.39 is 0 Å². The maximum atomic E-state index is 9.10. The second kappa shape index (κ2) is 5.29. The summed E-state index contributed by atoms with van der Waals surface area (Å²) in [5, 5.41) is 16.5. The highest BCUT2D eigenvalue weighted by Crippen LogP contribution is 2.18. The second-order valence-electron chi connectivity index (χ2n) is 4.69. The zero-order valence-corrected chi connectivity index (χ0v) is 9.89. The van der Waals surface area contributed by atoms with Crippen molar-refractivity contribution in [3.63, 3.8) is 0 Å². The van der Waals surface area contributed by atoms with Gasteiger partial charge in [-0.15, -0.1) is 0 Å². The fraction of sp³-hybridized carbons (Fsp3) is 0.462. The first-order chi connectivity index (χ1) is 8.19. The molecule has 4 nitrogen and oxygen atoms in total. The minimum Gasteiger partial charge on any atom is -0.396 e. The fourth-order valence-electron chi connectivity index (χ4n) is 2.30. The van der Waals surface area contributed by atoms with E-state index in [1.54, 1.807) is 0 Å². The van der Waals surface area contributed by atoms with Gasteiger partial charge in [-0.3, -0.25) is 10.3 Å². The Labute approximate surface area is 102 Å². The maximum Gasteiger partial charge on any atom is 0.122 e. The molecule has 92 valence electrons. The Balaban J connectivity index is 1.99. The molecule has 0 bridgehead atoms. The monoisotopic (exact) mass is 233 g/mol. The van der Waals surface area contributed by atoms with Crippen molar-refractivity contribution in [3.05, 3.63) is 35.4 Å². The first-order valence-corrected chi connectivity index (χ1v) is 5.95. The molecule has 1 aromatic rings. The van der Waals surface area contributed by atoms with Crippen molar-refractivity contribution < 1.29 is 5.11 Å². The first kappa shape index (κ1) is 12.1. The first-order valence-electron chi connectivity index (χ1n) is 5.95. The predicted octanol–water partition coefficient (Wildman–Crippen LogP) is 0.785. The number of rotatable bonds is 4. The molecule has 1 saturated heterocycles. The Kier molecular flexibility index (Phi) is 3.76. The standard InChI is InChI=1S/C13H19N3O/c14-13(15)12-3-1-2-10(6-12)7-16-5-4-11(8-16)9-17/h1-3,6,11,17H,4-5,7-9H2,(H3,14,15). The van der Waals surface area contributed by atoms with Gasteiger partial charge in [-0.05, 0) is 30.5 Å². The summed E-state index contributed by atoms with van der Waals surface area (Å²) in [6.45, 7) is 3.15. The Morgan fingerprint density at radius 1 is 1.53 bits per heavy atom. The summed E-state index contributed by atoms with van der Waals surface area (Å²) >= 11 is 0. The van der Waals surface area contributed by atoms with Gasteiger partial charge in [0.15, 0.2) is 0 Å². The molecule has 4 heteroatoms. The lowest BCUT2D eigenvalue weighted by molar-refractivity contribution is 0.220. The Hall–Kier alpha value is -1.39. The van der Waals surface area contributed by atoms with E-state index in [9.17, 15) is 0 Å². The van der Waals surface area contributed by atoms with Crippen molar-refractivity contribution in [2.45, 2.75) is 13.0 Å². The van der Waals surface area contributed by atoms with Gasteiger partial charge < -0.3 is 10.8 Å². The average molecular weight is 233 g/mol. The molecule has 0 aromatic heterocycles. The van der Waals surface area contributed by atoms with Crippen LogP contribution in [0, 0.1) is 11.3 Å². The summed E-state index contributed by atoms with van der Waals surface area (Å²) < 4.78 is 0. The zero-order valence-electron chi connectivity index (χ0n) is 9.89. The van der Waals surface area contributed by atoms with Gasteiger partial charge in [0.2, 0.25) is 0 Å². The van der Waals surface area contributed by atoms with Crippen molar-refractivity contribution in [3.8, 4) is 0 Å². The minimum atomic E-state index is 0.113. The lowest BCUT2D eigenvalue weighted by Crippen LogP contribution is -2.21. The number of nitrogens with zero attached hydrogens (tertiary/aromatic N) is 1. The maximum absolute atomic E-state index is 9.10. The van der Waals surface area contributed by atoms with Crippen LogP contribution < -0.4 is 5.73 Å². The molecule has 1 atom stereocenters. The molecule has 0 amide bonds. The van der Waals surface area contributed by atoms with E-state index in [1.165, 1.54) is 5.56 Å².